The SMILES string of the molecule is c1ccc(-c2cc(-c3cccc(-n4c5ccccc5c5c6c7ccccc7n(-c7ccccc7)c6ccc54)c3)nc(-c3ccccc3)n2)cc1. The van der Waals surface area contributed by atoms with Crippen LogP contribution in [0.25, 0.3) is 88.9 Å². The van der Waals surface area contributed by atoms with Crippen molar-refractivity contribution in [3.05, 3.63) is 182 Å². The molecule has 0 unspecified atom stereocenters. The van der Waals surface area contributed by atoms with Crippen molar-refractivity contribution < 1.29 is 0 Å². The molecule has 4 nitrogen and oxygen atoms in total. The Balaban J connectivity index is 1.22. The Kier molecular flexibility index (Phi) is 6.46. The van der Waals surface area contributed by atoms with Crippen LogP contribution in [0.3, 0.4) is 0 Å². The molecule has 50 heavy (non-hydrogen) atoms. The maximum absolute atomic E-state index is 5.13. The van der Waals surface area contributed by atoms with E-state index in [-0.39, 0.29) is 0 Å². The van der Waals surface area contributed by atoms with Crippen LogP contribution in [0, 0.1) is 0 Å². The van der Waals surface area contributed by atoms with Crippen LogP contribution in [0.4, 0.5) is 0 Å². The molecule has 10 aromatic rings. The van der Waals surface area contributed by atoms with E-state index in [1.165, 1.54) is 43.6 Å². The van der Waals surface area contributed by atoms with Crippen LogP contribution < -0.4 is 0 Å². The first-order valence-corrected chi connectivity index (χ1v) is 16.9. The molecule has 0 saturated carbocycles. The average Bonchev–Trinajstić information content (AvgIpc) is 3.72. The number of hydrogen-bond acceptors (Lipinski definition) is 2. The Labute approximate surface area is 289 Å². The topological polar surface area (TPSA) is 35.6 Å². The van der Waals surface area contributed by atoms with Gasteiger partial charge >= 0.3 is 0 Å². The number of benzene rings is 7. The summed E-state index contributed by atoms with van der Waals surface area (Å²) in [4.78, 5) is 10.1. The van der Waals surface area contributed by atoms with Crippen LogP contribution in [0.1, 0.15) is 0 Å². The molecule has 234 valence electrons. The lowest BCUT2D eigenvalue weighted by molar-refractivity contribution is 1.16. The number of hydrogen-bond donors (Lipinski definition) is 0. The monoisotopic (exact) mass is 638 g/mol. The Hall–Kier alpha value is -6.78. The fraction of sp³-hybridized carbons (Fsp3) is 0. The normalized spacial score (nSPS) is 11.6. The smallest absolute Gasteiger partial charge is 0.160 e. The van der Waals surface area contributed by atoms with Gasteiger partial charge in [0.1, 0.15) is 0 Å². The van der Waals surface area contributed by atoms with Crippen LogP contribution in [0.15, 0.2) is 182 Å². The van der Waals surface area contributed by atoms with Gasteiger partial charge < -0.3 is 9.13 Å². The molecule has 3 heterocycles. The third kappa shape index (κ3) is 4.46. The highest BCUT2D eigenvalue weighted by atomic mass is 15.0. The van der Waals surface area contributed by atoms with Crippen molar-refractivity contribution >= 4 is 43.6 Å². The van der Waals surface area contributed by atoms with Crippen LogP contribution in [0.5, 0.6) is 0 Å². The quantitative estimate of drug-likeness (QED) is 0.188. The molecular weight excluding hydrogens is 609 g/mol. The van der Waals surface area contributed by atoms with Gasteiger partial charge in [-0.15, -0.1) is 0 Å². The first-order chi connectivity index (χ1) is 24.8. The van der Waals surface area contributed by atoms with E-state index in [9.17, 15) is 0 Å². The number of aromatic nitrogens is 4. The summed E-state index contributed by atoms with van der Waals surface area (Å²) in [5.74, 6) is 0.710. The van der Waals surface area contributed by atoms with Gasteiger partial charge in [0.15, 0.2) is 5.82 Å². The molecular formula is C46H30N4. The lowest BCUT2D eigenvalue weighted by atomic mass is 10.1. The van der Waals surface area contributed by atoms with Gasteiger partial charge in [-0.05, 0) is 54.6 Å². The summed E-state index contributed by atoms with van der Waals surface area (Å²) in [7, 11) is 0. The molecule has 10 rings (SSSR count). The predicted octanol–water partition coefficient (Wildman–Crippen LogP) is 11.7. The van der Waals surface area contributed by atoms with E-state index in [0.29, 0.717) is 5.82 Å². The van der Waals surface area contributed by atoms with E-state index in [1.54, 1.807) is 0 Å². The van der Waals surface area contributed by atoms with Crippen molar-refractivity contribution in [2.75, 3.05) is 0 Å². The predicted molar refractivity (Wildman–Crippen MR) is 207 cm³/mol. The zero-order valence-electron chi connectivity index (χ0n) is 27.1. The summed E-state index contributed by atoms with van der Waals surface area (Å²) < 4.78 is 4.79. The molecule has 7 aromatic carbocycles. The second-order valence-electron chi connectivity index (χ2n) is 12.6. The lowest BCUT2D eigenvalue weighted by Crippen LogP contribution is -1.98. The minimum atomic E-state index is 0.710. The minimum absolute atomic E-state index is 0.710. The minimum Gasteiger partial charge on any atom is -0.309 e. The van der Waals surface area contributed by atoms with Gasteiger partial charge in [0, 0.05) is 49.6 Å². The third-order valence-electron chi connectivity index (χ3n) is 9.71. The summed E-state index contributed by atoms with van der Waals surface area (Å²) in [5.41, 5.74) is 11.8. The summed E-state index contributed by atoms with van der Waals surface area (Å²) in [6.07, 6.45) is 0. The van der Waals surface area contributed by atoms with Gasteiger partial charge in [0.2, 0.25) is 0 Å². The van der Waals surface area contributed by atoms with Gasteiger partial charge in [0.25, 0.3) is 0 Å². The van der Waals surface area contributed by atoms with Crippen molar-refractivity contribution in [3.63, 3.8) is 0 Å². The van der Waals surface area contributed by atoms with Crippen LogP contribution in [-0.2, 0) is 0 Å². The van der Waals surface area contributed by atoms with Gasteiger partial charge in [-0.25, -0.2) is 9.97 Å². The van der Waals surface area contributed by atoms with Crippen LogP contribution in [0.2, 0.25) is 0 Å². The zero-order valence-corrected chi connectivity index (χ0v) is 27.1. The van der Waals surface area contributed by atoms with Crippen molar-refractivity contribution in [3.8, 4) is 45.3 Å². The standard InChI is InChI=1S/C46H30N4/c1-4-15-31(16-5-1)38-30-39(48-46(47-38)32-17-6-2-7-18-32)33-19-14-22-35(29-33)50-41-26-13-11-24-37(41)45-43(50)28-27-42-44(45)36-23-10-12-25-40(36)49(42)34-20-8-3-9-21-34/h1-30H. The van der Waals surface area contributed by atoms with Gasteiger partial charge in [-0.1, -0.05) is 127 Å². The van der Waals surface area contributed by atoms with Gasteiger partial charge in [0.05, 0.1) is 33.5 Å². The second-order valence-corrected chi connectivity index (χ2v) is 12.6. The molecule has 3 aromatic heterocycles. The summed E-state index contributed by atoms with van der Waals surface area (Å²) in [6, 6.07) is 64.2. The van der Waals surface area contributed by atoms with E-state index in [0.717, 1.165) is 39.5 Å². The number of nitrogens with zero attached hydrogens (tertiary/aromatic N) is 4. The molecule has 4 heteroatoms. The number of rotatable bonds is 5. The van der Waals surface area contributed by atoms with Crippen molar-refractivity contribution in [1.29, 1.82) is 0 Å². The van der Waals surface area contributed by atoms with Crippen LogP contribution >= 0.6 is 0 Å². The molecule has 0 saturated heterocycles. The Morgan fingerprint density at radius 3 is 1.40 bits per heavy atom. The van der Waals surface area contributed by atoms with E-state index >= 15 is 0 Å². The first kappa shape index (κ1) is 28.3. The highest BCUT2D eigenvalue weighted by Gasteiger charge is 2.20. The lowest BCUT2D eigenvalue weighted by Gasteiger charge is -2.12. The van der Waals surface area contributed by atoms with E-state index in [2.05, 4.69) is 167 Å². The Bertz CT molecular complexity index is 2790. The average molecular weight is 639 g/mol. The largest absolute Gasteiger partial charge is 0.309 e. The van der Waals surface area contributed by atoms with E-state index in [1.807, 2.05) is 24.3 Å². The molecule has 0 amide bonds. The molecule has 0 bridgehead atoms. The fourth-order valence-corrected chi connectivity index (χ4v) is 7.52. The molecule has 0 fully saturated rings. The van der Waals surface area contributed by atoms with Gasteiger partial charge in [-0.2, -0.15) is 0 Å². The molecule has 0 radical (unpaired) electrons. The first-order valence-electron chi connectivity index (χ1n) is 16.9. The van der Waals surface area contributed by atoms with Crippen molar-refractivity contribution in [2.45, 2.75) is 0 Å². The second kappa shape index (κ2) is 11.4. The molecule has 0 aliphatic rings. The Morgan fingerprint density at radius 1 is 0.320 bits per heavy atom. The zero-order chi connectivity index (χ0) is 33.0. The Morgan fingerprint density at radius 2 is 0.780 bits per heavy atom. The van der Waals surface area contributed by atoms with E-state index in [4.69, 9.17) is 9.97 Å². The van der Waals surface area contributed by atoms with E-state index < -0.39 is 0 Å². The summed E-state index contributed by atoms with van der Waals surface area (Å²) in [6.45, 7) is 0. The highest BCUT2D eigenvalue weighted by molar-refractivity contribution is 6.28. The number of para-hydroxylation sites is 3. The maximum Gasteiger partial charge on any atom is 0.160 e. The molecule has 0 aliphatic heterocycles. The van der Waals surface area contributed by atoms with Crippen molar-refractivity contribution in [2.24, 2.45) is 0 Å². The van der Waals surface area contributed by atoms with Crippen molar-refractivity contribution in [1.82, 2.24) is 19.1 Å². The molecule has 0 spiro atoms. The highest BCUT2D eigenvalue weighted by Crippen LogP contribution is 2.42. The third-order valence-corrected chi connectivity index (χ3v) is 9.71. The number of fused-ring (bicyclic) bond motifs is 7. The molecule has 0 N–H and O–H groups in total. The van der Waals surface area contributed by atoms with Crippen LogP contribution in [-0.4, -0.2) is 19.1 Å². The summed E-state index contributed by atoms with van der Waals surface area (Å²) in [5, 5.41) is 5.00. The molecule has 0 atom stereocenters. The van der Waals surface area contributed by atoms with Gasteiger partial charge in [-0.3, -0.25) is 0 Å². The fourth-order valence-electron chi connectivity index (χ4n) is 7.52. The molecule has 0 aliphatic carbocycles. The summed E-state index contributed by atoms with van der Waals surface area (Å²) >= 11 is 0. The maximum atomic E-state index is 5.13.